The van der Waals surface area contributed by atoms with Crippen molar-refractivity contribution in [2.24, 2.45) is 0 Å². The maximum absolute atomic E-state index is 9.89. The Morgan fingerprint density at radius 1 is 1.04 bits per heavy atom. The zero-order valence-electron chi connectivity index (χ0n) is 14.2. The van der Waals surface area contributed by atoms with E-state index < -0.39 is 0 Å². The van der Waals surface area contributed by atoms with E-state index in [1.165, 1.54) is 37.2 Å². The van der Waals surface area contributed by atoms with Crippen molar-refractivity contribution in [2.75, 3.05) is 37.6 Å². The zero-order chi connectivity index (χ0) is 15.8. The van der Waals surface area contributed by atoms with Crippen molar-refractivity contribution >= 4 is 5.69 Å². The van der Waals surface area contributed by atoms with Gasteiger partial charge in [0.2, 0.25) is 0 Å². The fourth-order valence-electron chi connectivity index (χ4n) is 4.52. The highest BCUT2D eigenvalue weighted by Crippen LogP contribution is 2.27. The average molecular weight is 315 g/mol. The van der Waals surface area contributed by atoms with Gasteiger partial charge in [0.25, 0.3) is 0 Å². The normalized spacial score (nSPS) is 32.4. The maximum Gasteiger partial charge on any atom is 0.0682 e. The fraction of sp³-hybridized carbons (Fsp3) is 0.684. The van der Waals surface area contributed by atoms with Gasteiger partial charge < -0.3 is 10.0 Å². The van der Waals surface area contributed by atoms with Crippen LogP contribution in [-0.2, 0) is 6.54 Å². The predicted octanol–water partition coefficient (Wildman–Crippen LogP) is 1.93. The molecule has 126 valence electrons. The first kappa shape index (κ1) is 15.4. The molecule has 3 fully saturated rings. The SMILES string of the molecule is C[C@H]1CN2C[C@H](O)C[C@@H]2CN1Cc1ccc(N2CCCC2)cc1. The third-order valence-electron chi connectivity index (χ3n) is 5.87. The van der Waals surface area contributed by atoms with Gasteiger partial charge in [-0.2, -0.15) is 0 Å². The topological polar surface area (TPSA) is 30.0 Å². The molecule has 3 aliphatic rings. The lowest BCUT2D eigenvalue weighted by atomic mass is 10.1. The summed E-state index contributed by atoms with van der Waals surface area (Å²) < 4.78 is 0. The van der Waals surface area contributed by atoms with Gasteiger partial charge in [-0.3, -0.25) is 9.80 Å². The Labute approximate surface area is 139 Å². The summed E-state index contributed by atoms with van der Waals surface area (Å²) in [6.07, 6.45) is 3.48. The quantitative estimate of drug-likeness (QED) is 0.923. The molecule has 1 aromatic rings. The minimum absolute atomic E-state index is 0.119. The highest BCUT2D eigenvalue weighted by Gasteiger charge is 2.37. The molecule has 3 atom stereocenters. The monoisotopic (exact) mass is 315 g/mol. The van der Waals surface area contributed by atoms with E-state index in [0.29, 0.717) is 12.1 Å². The Balaban J connectivity index is 1.39. The molecule has 4 rings (SSSR count). The second kappa shape index (κ2) is 6.42. The van der Waals surface area contributed by atoms with Gasteiger partial charge in [0.15, 0.2) is 0 Å². The van der Waals surface area contributed by atoms with E-state index in [0.717, 1.165) is 32.6 Å². The van der Waals surface area contributed by atoms with Crippen molar-refractivity contribution in [3.05, 3.63) is 29.8 Å². The first-order valence-corrected chi connectivity index (χ1v) is 9.19. The summed E-state index contributed by atoms with van der Waals surface area (Å²) in [5.74, 6) is 0. The van der Waals surface area contributed by atoms with Crippen LogP contribution in [0.2, 0.25) is 0 Å². The zero-order valence-corrected chi connectivity index (χ0v) is 14.2. The predicted molar refractivity (Wildman–Crippen MR) is 93.7 cm³/mol. The fourth-order valence-corrected chi connectivity index (χ4v) is 4.52. The van der Waals surface area contributed by atoms with Crippen LogP contribution in [0.3, 0.4) is 0 Å². The lowest BCUT2D eigenvalue weighted by Gasteiger charge is -2.42. The summed E-state index contributed by atoms with van der Waals surface area (Å²) >= 11 is 0. The van der Waals surface area contributed by atoms with Gasteiger partial charge in [0.1, 0.15) is 0 Å². The molecule has 3 heterocycles. The molecule has 4 heteroatoms. The average Bonchev–Trinajstić information content (AvgIpc) is 3.17. The van der Waals surface area contributed by atoms with E-state index in [9.17, 15) is 5.11 Å². The van der Waals surface area contributed by atoms with Crippen molar-refractivity contribution in [1.82, 2.24) is 9.80 Å². The number of nitrogens with zero attached hydrogens (tertiary/aromatic N) is 3. The van der Waals surface area contributed by atoms with Crippen molar-refractivity contribution in [1.29, 1.82) is 0 Å². The van der Waals surface area contributed by atoms with E-state index in [1.807, 2.05) is 0 Å². The minimum atomic E-state index is -0.119. The third-order valence-corrected chi connectivity index (χ3v) is 5.87. The number of fused-ring (bicyclic) bond motifs is 1. The molecule has 0 amide bonds. The summed E-state index contributed by atoms with van der Waals surface area (Å²) in [6, 6.07) is 10.3. The molecule has 1 N–H and O–H groups in total. The Morgan fingerprint density at radius 3 is 2.52 bits per heavy atom. The summed E-state index contributed by atoms with van der Waals surface area (Å²) in [7, 11) is 0. The first-order chi connectivity index (χ1) is 11.2. The number of hydrogen-bond donors (Lipinski definition) is 1. The van der Waals surface area contributed by atoms with Crippen LogP contribution in [0, 0.1) is 0 Å². The number of benzene rings is 1. The Hall–Kier alpha value is -1.10. The molecule has 0 aliphatic carbocycles. The van der Waals surface area contributed by atoms with Gasteiger partial charge >= 0.3 is 0 Å². The van der Waals surface area contributed by atoms with Crippen LogP contribution >= 0.6 is 0 Å². The standard InChI is InChI=1S/C19H29N3O/c1-15-11-22-14-19(23)10-18(22)13-21(15)12-16-4-6-17(7-5-16)20-8-2-3-9-20/h4-7,15,18-19,23H,2-3,8-14H2,1H3/t15-,18+,19+/m0/s1. The minimum Gasteiger partial charge on any atom is -0.392 e. The molecule has 0 unspecified atom stereocenters. The van der Waals surface area contributed by atoms with Gasteiger partial charge in [0, 0.05) is 57.0 Å². The van der Waals surface area contributed by atoms with Crippen LogP contribution in [0.4, 0.5) is 5.69 Å². The second-order valence-corrected chi connectivity index (χ2v) is 7.64. The largest absolute Gasteiger partial charge is 0.392 e. The van der Waals surface area contributed by atoms with Crippen molar-refractivity contribution in [2.45, 2.75) is 50.9 Å². The number of rotatable bonds is 3. The molecule has 0 radical (unpaired) electrons. The number of piperazine rings is 1. The molecule has 3 saturated heterocycles. The lowest BCUT2D eigenvalue weighted by Crippen LogP contribution is -2.54. The van der Waals surface area contributed by atoms with Crippen LogP contribution in [0.5, 0.6) is 0 Å². The van der Waals surface area contributed by atoms with Crippen molar-refractivity contribution in [3.63, 3.8) is 0 Å². The van der Waals surface area contributed by atoms with Gasteiger partial charge in [-0.1, -0.05) is 12.1 Å². The van der Waals surface area contributed by atoms with Crippen LogP contribution in [-0.4, -0.2) is 65.8 Å². The van der Waals surface area contributed by atoms with Gasteiger partial charge in [0.05, 0.1) is 6.10 Å². The van der Waals surface area contributed by atoms with Crippen LogP contribution in [0.25, 0.3) is 0 Å². The highest BCUT2D eigenvalue weighted by molar-refractivity contribution is 5.48. The molecule has 1 aromatic carbocycles. The first-order valence-electron chi connectivity index (χ1n) is 9.19. The summed E-state index contributed by atoms with van der Waals surface area (Å²) in [5, 5.41) is 9.89. The van der Waals surface area contributed by atoms with E-state index in [4.69, 9.17) is 0 Å². The van der Waals surface area contributed by atoms with Gasteiger partial charge in [-0.15, -0.1) is 0 Å². The molecule has 0 aromatic heterocycles. The van der Waals surface area contributed by atoms with Crippen LogP contribution < -0.4 is 4.90 Å². The second-order valence-electron chi connectivity index (χ2n) is 7.64. The Bertz CT molecular complexity index is 526. The van der Waals surface area contributed by atoms with E-state index in [1.54, 1.807) is 0 Å². The summed E-state index contributed by atoms with van der Waals surface area (Å²) in [5.41, 5.74) is 2.79. The number of aliphatic hydroxyl groups excluding tert-OH is 1. The van der Waals surface area contributed by atoms with Crippen molar-refractivity contribution in [3.8, 4) is 0 Å². The van der Waals surface area contributed by atoms with Gasteiger partial charge in [-0.05, 0) is 43.9 Å². The van der Waals surface area contributed by atoms with E-state index in [-0.39, 0.29) is 6.10 Å². The lowest BCUT2D eigenvalue weighted by molar-refractivity contribution is 0.0528. The summed E-state index contributed by atoms with van der Waals surface area (Å²) in [4.78, 5) is 7.55. The Kier molecular flexibility index (Phi) is 4.31. The van der Waals surface area contributed by atoms with Crippen LogP contribution in [0.15, 0.2) is 24.3 Å². The number of aliphatic hydroxyl groups is 1. The van der Waals surface area contributed by atoms with Gasteiger partial charge in [-0.25, -0.2) is 0 Å². The number of anilines is 1. The third kappa shape index (κ3) is 3.25. The maximum atomic E-state index is 9.89. The molecular formula is C19H29N3O. The molecule has 0 spiro atoms. The smallest absolute Gasteiger partial charge is 0.0682 e. The molecule has 23 heavy (non-hydrogen) atoms. The Morgan fingerprint density at radius 2 is 1.78 bits per heavy atom. The van der Waals surface area contributed by atoms with E-state index in [2.05, 4.69) is 45.9 Å². The molecular weight excluding hydrogens is 286 g/mol. The summed E-state index contributed by atoms with van der Waals surface area (Å²) in [6.45, 7) is 8.82. The van der Waals surface area contributed by atoms with Crippen molar-refractivity contribution < 1.29 is 5.11 Å². The van der Waals surface area contributed by atoms with Crippen LogP contribution in [0.1, 0.15) is 31.7 Å². The number of hydrogen-bond acceptors (Lipinski definition) is 4. The molecule has 0 bridgehead atoms. The molecule has 4 nitrogen and oxygen atoms in total. The molecule has 3 aliphatic heterocycles. The highest BCUT2D eigenvalue weighted by atomic mass is 16.3. The molecule has 0 saturated carbocycles. The van der Waals surface area contributed by atoms with E-state index >= 15 is 0 Å².